The lowest BCUT2D eigenvalue weighted by atomic mass is 9.83. The molecule has 0 fully saturated rings. The van der Waals surface area contributed by atoms with E-state index in [0.717, 1.165) is 19.3 Å². The SMILES string of the molecule is O=C(O)c1ccsc1NC(=O)C1CCc2ccccc2C1. The van der Waals surface area contributed by atoms with Crippen molar-refractivity contribution in [3.05, 3.63) is 52.4 Å². The summed E-state index contributed by atoms with van der Waals surface area (Å²) in [5.74, 6) is -1.20. The molecule has 1 aliphatic rings. The number of hydrogen-bond donors (Lipinski definition) is 2. The van der Waals surface area contributed by atoms with Gasteiger partial charge in [-0.05, 0) is 41.8 Å². The molecule has 108 valence electrons. The standard InChI is InChI=1S/C16H15NO3S/c18-14(17-15-13(16(19)20)7-8-21-15)12-6-5-10-3-1-2-4-11(10)9-12/h1-4,7-8,12H,5-6,9H2,(H,17,18)(H,19,20). The van der Waals surface area contributed by atoms with Gasteiger partial charge in [-0.25, -0.2) is 4.79 Å². The van der Waals surface area contributed by atoms with Crippen LogP contribution in [0.1, 0.15) is 27.9 Å². The van der Waals surface area contributed by atoms with Gasteiger partial charge in [-0.2, -0.15) is 0 Å². The van der Waals surface area contributed by atoms with E-state index in [1.807, 2.05) is 12.1 Å². The number of nitrogens with one attached hydrogen (secondary N) is 1. The molecule has 4 nitrogen and oxygen atoms in total. The summed E-state index contributed by atoms with van der Waals surface area (Å²) < 4.78 is 0. The molecule has 5 heteroatoms. The Morgan fingerprint density at radius 2 is 1.95 bits per heavy atom. The predicted octanol–water partition coefficient (Wildman–Crippen LogP) is 3.19. The zero-order valence-electron chi connectivity index (χ0n) is 11.3. The largest absolute Gasteiger partial charge is 0.478 e. The summed E-state index contributed by atoms with van der Waals surface area (Å²) in [6, 6.07) is 9.68. The number of amides is 1. The first-order valence-electron chi connectivity index (χ1n) is 6.83. The highest BCUT2D eigenvalue weighted by Gasteiger charge is 2.25. The first kappa shape index (κ1) is 13.8. The summed E-state index contributed by atoms with van der Waals surface area (Å²) in [7, 11) is 0. The summed E-state index contributed by atoms with van der Waals surface area (Å²) in [4.78, 5) is 23.4. The smallest absolute Gasteiger partial charge is 0.338 e. The van der Waals surface area contributed by atoms with E-state index in [-0.39, 0.29) is 17.4 Å². The fraction of sp³-hybridized carbons (Fsp3) is 0.250. The van der Waals surface area contributed by atoms with Crippen molar-refractivity contribution in [2.45, 2.75) is 19.3 Å². The highest BCUT2D eigenvalue weighted by Crippen LogP contribution is 2.28. The van der Waals surface area contributed by atoms with Crippen LogP contribution in [0, 0.1) is 5.92 Å². The molecular weight excluding hydrogens is 286 g/mol. The van der Waals surface area contributed by atoms with Crippen LogP contribution in [-0.4, -0.2) is 17.0 Å². The number of rotatable bonds is 3. The summed E-state index contributed by atoms with van der Waals surface area (Å²) in [6.45, 7) is 0. The second-order valence-corrected chi connectivity index (χ2v) is 6.08. The van der Waals surface area contributed by atoms with Crippen molar-refractivity contribution in [1.29, 1.82) is 0 Å². The number of benzene rings is 1. The molecule has 1 unspecified atom stereocenters. The molecule has 1 amide bonds. The number of carbonyl (C=O) groups excluding carboxylic acids is 1. The van der Waals surface area contributed by atoms with Crippen LogP contribution in [0.3, 0.4) is 0 Å². The maximum atomic E-state index is 12.4. The van der Waals surface area contributed by atoms with Crippen LogP contribution in [0.5, 0.6) is 0 Å². The van der Waals surface area contributed by atoms with Crippen LogP contribution in [0.2, 0.25) is 0 Å². The Morgan fingerprint density at radius 1 is 1.19 bits per heavy atom. The molecule has 3 rings (SSSR count). The Labute approximate surface area is 126 Å². The minimum Gasteiger partial charge on any atom is -0.478 e. The molecule has 0 aliphatic heterocycles. The minimum absolute atomic E-state index is 0.0885. The summed E-state index contributed by atoms with van der Waals surface area (Å²) in [5, 5.41) is 13.9. The zero-order chi connectivity index (χ0) is 14.8. The van der Waals surface area contributed by atoms with Crippen molar-refractivity contribution in [1.82, 2.24) is 0 Å². The molecule has 2 aromatic rings. The second kappa shape index (κ2) is 5.69. The number of anilines is 1. The molecule has 1 atom stereocenters. The van der Waals surface area contributed by atoms with E-state index >= 15 is 0 Å². The Morgan fingerprint density at radius 3 is 2.71 bits per heavy atom. The van der Waals surface area contributed by atoms with Crippen LogP contribution in [0.25, 0.3) is 0 Å². The Balaban J connectivity index is 1.72. The molecule has 2 N–H and O–H groups in total. The van der Waals surface area contributed by atoms with Gasteiger partial charge in [0.25, 0.3) is 0 Å². The van der Waals surface area contributed by atoms with Crippen molar-refractivity contribution >= 4 is 28.2 Å². The molecule has 1 aliphatic carbocycles. The van der Waals surface area contributed by atoms with Crippen molar-refractivity contribution < 1.29 is 14.7 Å². The molecule has 0 bridgehead atoms. The molecular formula is C16H15NO3S. The maximum absolute atomic E-state index is 12.4. The molecule has 1 aromatic heterocycles. The fourth-order valence-electron chi connectivity index (χ4n) is 2.71. The number of thiophene rings is 1. The molecule has 0 radical (unpaired) electrons. The average molecular weight is 301 g/mol. The van der Waals surface area contributed by atoms with Gasteiger partial charge in [0, 0.05) is 5.92 Å². The number of fused-ring (bicyclic) bond motifs is 1. The van der Waals surface area contributed by atoms with E-state index in [1.54, 1.807) is 5.38 Å². The number of carbonyl (C=O) groups is 2. The van der Waals surface area contributed by atoms with Gasteiger partial charge in [0.15, 0.2) is 0 Å². The molecule has 0 saturated heterocycles. The first-order valence-corrected chi connectivity index (χ1v) is 7.71. The van der Waals surface area contributed by atoms with Crippen molar-refractivity contribution in [2.24, 2.45) is 5.92 Å². The first-order chi connectivity index (χ1) is 10.1. The van der Waals surface area contributed by atoms with Gasteiger partial charge >= 0.3 is 5.97 Å². The highest BCUT2D eigenvalue weighted by atomic mass is 32.1. The molecule has 1 aromatic carbocycles. The van der Waals surface area contributed by atoms with Crippen LogP contribution >= 0.6 is 11.3 Å². The van der Waals surface area contributed by atoms with E-state index in [2.05, 4.69) is 17.4 Å². The number of aromatic carboxylic acids is 1. The lowest BCUT2D eigenvalue weighted by Crippen LogP contribution is -2.28. The van der Waals surface area contributed by atoms with Gasteiger partial charge in [-0.1, -0.05) is 24.3 Å². The van der Waals surface area contributed by atoms with Crippen LogP contribution in [0.15, 0.2) is 35.7 Å². The summed E-state index contributed by atoms with van der Waals surface area (Å²) in [6.07, 6.45) is 2.41. The Hall–Kier alpha value is -2.14. The number of hydrogen-bond acceptors (Lipinski definition) is 3. The van der Waals surface area contributed by atoms with Crippen molar-refractivity contribution in [3.63, 3.8) is 0 Å². The molecule has 1 heterocycles. The topological polar surface area (TPSA) is 66.4 Å². The van der Waals surface area contributed by atoms with Crippen molar-refractivity contribution in [3.8, 4) is 0 Å². The minimum atomic E-state index is -1.01. The van der Waals surface area contributed by atoms with Gasteiger partial charge in [-0.15, -0.1) is 11.3 Å². The third-order valence-corrected chi connectivity index (χ3v) is 4.68. The third kappa shape index (κ3) is 2.83. The molecule has 21 heavy (non-hydrogen) atoms. The van der Waals surface area contributed by atoms with Gasteiger partial charge in [-0.3, -0.25) is 4.79 Å². The van der Waals surface area contributed by atoms with Gasteiger partial charge in [0.05, 0.1) is 5.56 Å². The zero-order valence-corrected chi connectivity index (χ0v) is 12.2. The van der Waals surface area contributed by atoms with E-state index in [4.69, 9.17) is 5.11 Å². The van der Waals surface area contributed by atoms with Gasteiger partial charge < -0.3 is 10.4 Å². The van der Waals surface area contributed by atoms with E-state index in [9.17, 15) is 9.59 Å². The predicted molar refractivity (Wildman–Crippen MR) is 81.9 cm³/mol. The third-order valence-electron chi connectivity index (χ3n) is 3.85. The lowest BCUT2D eigenvalue weighted by molar-refractivity contribution is -0.120. The van der Waals surface area contributed by atoms with Crippen LogP contribution in [-0.2, 0) is 17.6 Å². The van der Waals surface area contributed by atoms with Crippen LogP contribution < -0.4 is 5.32 Å². The highest BCUT2D eigenvalue weighted by molar-refractivity contribution is 7.14. The van der Waals surface area contributed by atoms with E-state index in [1.165, 1.54) is 28.5 Å². The number of carboxylic acids is 1. The van der Waals surface area contributed by atoms with Gasteiger partial charge in [0.2, 0.25) is 5.91 Å². The molecule has 0 spiro atoms. The van der Waals surface area contributed by atoms with E-state index in [0.29, 0.717) is 5.00 Å². The van der Waals surface area contributed by atoms with Crippen LogP contribution in [0.4, 0.5) is 5.00 Å². The van der Waals surface area contributed by atoms with Gasteiger partial charge in [0.1, 0.15) is 5.00 Å². The number of aryl methyl sites for hydroxylation is 1. The van der Waals surface area contributed by atoms with Crippen molar-refractivity contribution in [2.75, 3.05) is 5.32 Å². The number of carboxylic acid groups (broad SMARTS) is 1. The second-order valence-electron chi connectivity index (χ2n) is 5.17. The normalized spacial score (nSPS) is 17.0. The summed E-state index contributed by atoms with van der Waals surface area (Å²) in [5.41, 5.74) is 2.68. The fourth-order valence-corrected chi connectivity index (χ4v) is 3.49. The monoisotopic (exact) mass is 301 g/mol. The molecule has 0 saturated carbocycles. The van der Waals surface area contributed by atoms with E-state index < -0.39 is 5.97 Å². The summed E-state index contributed by atoms with van der Waals surface area (Å²) >= 11 is 1.24. The maximum Gasteiger partial charge on any atom is 0.338 e. The Bertz CT molecular complexity index is 692. The Kier molecular flexibility index (Phi) is 3.75. The average Bonchev–Trinajstić information content (AvgIpc) is 2.95. The lowest BCUT2D eigenvalue weighted by Gasteiger charge is -2.23. The quantitative estimate of drug-likeness (QED) is 0.915.